The van der Waals surface area contributed by atoms with E-state index in [4.69, 9.17) is 0 Å². The first-order chi connectivity index (χ1) is 14.8. The van der Waals surface area contributed by atoms with E-state index in [1.54, 1.807) is 36.4 Å². The highest BCUT2D eigenvalue weighted by molar-refractivity contribution is 9.10. The molecule has 0 heterocycles. The van der Waals surface area contributed by atoms with Crippen molar-refractivity contribution in [2.75, 3.05) is 26.2 Å². The Balaban J connectivity index is 1.61. The van der Waals surface area contributed by atoms with E-state index in [2.05, 4.69) is 52.5 Å². The summed E-state index contributed by atoms with van der Waals surface area (Å²) >= 11 is 6.63. The Hall–Kier alpha value is -2.72. The summed E-state index contributed by atoms with van der Waals surface area (Å²) in [4.78, 5) is 31.9. The third-order valence-corrected chi connectivity index (χ3v) is 4.87. The Morgan fingerprint density at radius 3 is 1.65 bits per heavy atom. The molecule has 0 fully saturated rings. The van der Waals surface area contributed by atoms with E-state index in [9.17, 15) is 19.8 Å². The Kier molecular flexibility index (Phi) is 10.2. The number of amides is 2. The van der Waals surface area contributed by atoms with Crippen LogP contribution in [0.25, 0.3) is 0 Å². The quantitative estimate of drug-likeness (QED) is 0.205. The van der Waals surface area contributed by atoms with Gasteiger partial charge in [-0.15, -0.1) is 0 Å². The number of carbonyl (C=O) groups is 2. The third-order valence-electron chi connectivity index (χ3n) is 3.89. The van der Waals surface area contributed by atoms with Crippen LogP contribution in [0.4, 0.5) is 0 Å². The molecule has 0 aliphatic heterocycles. The van der Waals surface area contributed by atoms with E-state index in [-0.39, 0.29) is 31.0 Å². The minimum Gasteiger partial charge on any atom is -0.507 e. The number of nitrogens with one attached hydrogen (secondary N) is 2. The summed E-state index contributed by atoms with van der Waals surface area (Å²) in [5.41, 5.74) is 1.13. The molecule has 8 nitrogen and oxygen atoms in total. The molecular formula is C21H22Br2N4O4. The van der Waals surface area contributed by atoms with Gasteiger partial charge < -0.3 is 20.8 Å². The van der Waals surface area contributed by atoms with Crippen LogP contribution in [0.15, 0.2) is 55.3 Å². The minimum absolute atomic E-state index is 0.116. The molecule has 2 aromatic carbocycles. The first kappa shape index (κ1) is 24.5. The molecule has 0 saturated carbocycles. The Morgan fingerprint density at radius 2 is 1.23 bits per heavy atom. The molecule has 164 valence electrons. The first-order valence-electron chi connectivity index (χ1n) is 9.35. The number of hydrogen-bond acceptors (Lipinski definition) is 6. The van der Waals surface area contributed by atoms with Gasteiger partial charge in [0, 0.05) is 45.6 Å². The van der Waals surface area contributed by atoms with Gasteiger partial charge in [0.15, 0.2) is 0 Å². The van der Waals surface area contributed by atoms with Crippen molar-refractivity contribution in [1.29, 1.82) is 0 Å². The van der Waals surface area contributed by atoms with Crippen LogP contribution in [0.2, 0.25) is 0 Å². The maximum absolute atomic E-state index is 11.8. The van der Waals surface area contributed by atoms with Gasteiger partial charge in [-0.1, -0.05) is 31.9 Å². The molecule has 0 saturated heterocycles. The third kappa shape index (κ3) is 9.31. The Bertz CT molecular complexity index is 902. The van der Waals surface area contributed by atoms with Crippen molar-refractivity contribution in [2.45, 2.75) is 6.42 Å². The maximum Gasteiger partial charge on any atom is 0.229 e. The number of aromatic hydroxyl groups is 2. The van der Waals surface area contributed by atoms with Gasteiger partial charge in [-0.3, -0.25) is 19.6 Å². The molecular weight excluding hydrogens is 532 g/mol. The predicted octanol–water partition coefficient (Wildman–Crippen LogP) is 2.78. The van der Waals surface area contributed by atoms with E-state index in [0.717, 1.165) is 8.95 Å². The maximum atomic E-state index is 11.8. The van der Waals surface area contributed by atoms with E-state index in [1.165, 1.54) is 12.4 Å². The number of aliphatic imine (C=N–C) groups is 2. The molecule has 0 aliphatic rings. The SMILES string of the molecule is O=C(CC(=O)NCCN=Cc1cc(Br)ccc1O)NCCN=Cc1cc(Br)ccc1O. The van der Waals surface area contributed by atoms with Crippen LogP contribution < -0.4 is 10.6 Å². The number of halogens is 2. The molecule has 0 atom stereocenters. The average Bonchev–Trinajstić information content (AvgIpc) is 2.72. The van der Waals surface area contributed by atoms with E-state index >= 15 is 0 Å². The van der Waals surface area contributed by atoms with Crippen LogP contribution in [0, 0.1) is 0 Å². The second kappa shape index (κ2) is 12.9. The zero-order valence-corrected chi connectivity index (χ0v) is 19.7. The largest absolute Gasteiger partial charge is 0.507 e. The normalized spacial score (nSPS) is 11.2. The van der Waals surface area contributed by atoms with Crippen molar-refractivity contribution >= 4 is 56.1 Å². The Morgan fingerprint density at radius 1 is 0.806 bits per heavy atom. The molecule has 0 radical (unpaired) electrons. The van der Waals surface area contributed by atoms with Crippen LogP contribution in [0.5, 0.6) is 11.5 Å². The van der Waals surface area contributed by atoms with Crippen LogP contribution >= 0.6 is 31.9 Å². The number of rotatable bonds is 10. The average molecular weight is 554 g/mol. The highest BCUT2D eigenvalue weighted by Crippen LogP contribution is 2.20. The predicted molar refractivity (Wildman–Crippen MR) is 127 cm³/mol. The number of phenols is 2. The van der Waals surface area contributed by atoms with Gasteiger partial charge in [0.1, 0.15) is 17.9 Å². The number of phenolic OH excluding ortho intramolecular Hbond substituents is 2. The molecule has 0 aromatic heterocycles. The number of nitrogens with zero attached hydrogens (tertiary/aromatic N) is 2. The summed E-state index contributed by atoms with van der Waals surface area (Å²) in [5.74, 6) is -0.572. The lowest BCUT2D eigenvalue weighted by Crippen LogP contribution is -2.34. The fraction of sp³-hybridized carbons (Fsp3) is 0.238. The summed E-state index contributed by atoms with van der Waals surface area (Å²) in [6.45, 7) is 1.18. The zero-order valence-electron chi connectivity index (χ0n) is 16.5. The van der Waals surface area contributed by atoms with Gasteiger partial charge in [-0.25, -0.2) is 0 Å². The molecule has 0 bridgehead atoms. The fourth-order valence-corrected chi connectivity index (χ4v) is 3.13. The van der Waals surface area contributed by atoms with Crippen molar-refractivity contribution in [3.63, 3.8) is 0 Å². The van der Waals surface area contributed by atoms with Gasteiger partial charge in [0.05, 0.1) is 13.1 Å². The molecule has 0 unspecified atom stereocenters. The second-order valence-corrected chi connectivity index (χ2v) is 8.18. The van der Waals surface area contributed by atoms with Gasteiger partial charge >= 0.3 is 0 Å². The minimum atomic E-state index is -0.402. The molecule has 2 amide bonds. The highest BCUT2D eigenvalue weighted by Gasteiger charge is 2.08. The zero-order chi connectivity index (χ0) is 22.6. The van der Waals surface area contributed by atoms with E-state index < -0.39 is 11.8 Å². The summed E-state index contributed by atoms with van der Waals surface area (Å²) in [6.07, 6.45) is 2.76. The lowest BCUT2D eigenvalue weighted by Gasteiger charge is -2.05. The van der Waals surface area contributed by atoms with Crippen molar-refractivity contribution in [2.24, 2.45) is 9.98 Å². The molecule has 10 heteroatoms. The van der Waals surface area contributed by atoms with Gasteiger partial charge in [0.25, 0.3) is 0 Å². The number of hydrogen-bond donors (Lipinski definition) is 4. The van der Waals surface area contributed by atoms with Crippen molar-refractivity contribution in [3.05, 3.63) is 56.5 Å². The highest BCUT2D eigenvalue weighted by atomic mass is 79.9. The van der Waals surface area contributed by atoms with Crippen LogP contribution in [0.1, 0.15) is 17.5 Å². The smallest absolute Gasteiger partial charge is 0.229 e. The summed E-state index contributed by atoms with van der Waals surface area (Å²) in [5, 5.41) is 24.7. The Labute approximate surface area is 196 Å². The fourth-order valence-electron chi connectivity index (χ4n) is 2.37. The molecule has 2 rings (SSSR count). The number of benzene rings is 2. The van der Waals surface area contributed by atoms with Crippen LogP contribution in [-0.2, 0) is 9.59 Å². The molecule has 0 aliphatic carbocycles. The monoisotopic (exact) mass is 552 g/mol. The van der Waals surface area contributed by atoms with Gasteiger partial charge in [0.2, 0.25) is 11.8 Å². The lowest BCUT2D eigenvalue weighted by molar-refractivity contribution is -0.129. The van der Waals surface area contributed by atoms with Gasteiger partial charge in [-0.05, 0) is 36.4 Å². The standard InChI is InChI=1S/C21H22Br2N4O4/c22-16-1-3-18(28)14(9-16)12-24-5-7-26-20(30)11-21(31)27-8-6-25-13-15-10-17(23)2-4-19(15)29/h1-4,9-10,12-13,28-29H,5-8,11H2,(H,26,30)(H,27,31). The van der Waals surface area contributed by atoms with E-state index in [0.29, 0.717) is 24.2 Å². The van der Waals surface area contributed by atoms with E-state index in [1.807, 2.05) is 0 Å². The second-order valence-electron chi connectivity index (χ2n) is 6.35. The van der Waals surface area contributed by atoms with Crippen LogP contribution in [0.3, 0.4) is 0 Å². The first-order valence-corrected chi connectivity index (χ1v) is 10.9. The molecule has 2 aromatic rings. The van der Waals surface area contributed by atoms with Crippen molar-refractivity contribution < 1.29 is 19.8 Å². The van der Waals surface area contributed by atoms with Crippen molar-refractivity contribution in [1.82, 2.24) is 10.6 Å². The number of carbonyl (C=O) groups excluding carboxylic acids is 2. The molecule has 0 spiro atoms. The summed E-state index contributed by atoms with van der Waals surface area (Å²) < 4.78 is 1.64. The molecule has 31 heavy (non-hydrogen) atoms. The topological polar surface area (TPSA) is 123 Å². The molecule has 4 N–H and O–H groups in total. The van der Waals surface area contributed by atoms with Gasteiger partial charge in [-0.2, -0.15) is 0 Å². The summed E-state index contributed by atoms with van der Waals surface area (Å²) in [6, 6.07) is 10.0. The van der Waals surface area contributed by atoms with Crippen LogP contribution in [-0.4, -0.2) is 60.6 Å². The van der Waals surface area contributed by atoms with Crippen molar-refractivity contribution in [3.8, 4) is 11.5 Å². The lowest BCUT2D eigenvalue weighted by atomic mass is 10.2. The summed E-state index contributed by atoms with van der Waals surface area (Å²) in [7, 11) is 0.